The number of likely N-dealkylation sites (N-methyl/N-ethyl adjacent to an activating group) is 2. The lowest BCUT2D eigenvalue weighted by molar-refractivity contribution is -0.122. The first-order chi connectivity index (χ1) is 10.9. The molecule has 0 radical (unpaired) electrons. The highest BCUT2D eigenvalue weighted by Gasteiger charge is 2.34. The van der Waals surface area contributed by atoms with Gasteiger partial charge in [0.25, 0.3) is 5.91 Å². The van der Waals surface area contributed by atoms with Gasteiger partial charge in [-0.05, 0) is 74.8 Å². The minimum atomic E-state index is -0.0840. The summed E-state index contributed by atoms with van der Waals surface area (Å²) in [6, 6.07) is 3.80. The van der Waals surface area contributed by atoms with Crippen LogP contribution in [0.2, 0.25) is 0 Å². The van der Waals surface area contributed by atoms with Crippen molar-refractivity contribution in [2.24, 2.45) is 0 Å². The SMILES string of the molecule is C=CCOc1c(Br)cc(/C=C2/C(=O)N(CC)C(=S)N2C)cc1Br. The van der Waals surface area contributed by atoms with Crippen molar-refractivity contribution in [3.63, 3.8) is 0 Å². The van der Waals surface area contributed by atoms with Crippen LogP contribution >= 0.6 is 44.1 Å². The molecule has 0 saturated carbocycles. The summed E-state index contributed by atoms with van der Waals surface area (Å²) in [6.07, 6.45) is 3.50. The van der Waals surface area contributed by atoms with Gasteiger partial charge in [0, 0.05) is 13.6 Å². The largest absolute Gasteiger partial charge is 0.487 e. The first-order valence-corrected chi connectivity index (χ1v) is 8.94. The van der Waals surface area contributed by atoms with Crippen LogP contribution in [0, 0.1) is 0 Å². The van der Waals surface area contributed by atoms with Crippen LogP contribution in [0.1, 0.15) is 12.5 Å². The van der Waals surface area contributed by atoms with Crippen LogP contribution in [0.4, 0.5) is 0 Å². The van der Waals surface area contributed by atoms with E-state index in [4.69, 9.17) is 17.0 Å². The average molecular weight is 460 g/mol. The normalized spacial score (nSPS) is 16.4. The molecular weight excluding hydrogens is 444 g/mol. The highest BCUT2D eigenvalue weighted by Crippen LogP contribution is 2.36. The molecule has 0 aliphatic carbocycles. The maximum atomic E-state index is 12.4. The van der Waals surface area contributed by atoms with Crippen LogP contribution in [0.25, 0.3) is 6.08 Å². The average Bonchev–Trinajstić information content (AvgIpc) is 2.70. The summed E-state index contributed by atoms with van der Waals surface area (Å²) in [5.74, 6) is 0.614. The summed E-state index contributed by atoms with van der Waals surface area (Å²) in [5.41, 5.74) is 1.42. The Hall–Kier alpha value is -1.18. The van der Waals surface area contributed by atoms with Gasteiger partial charge in [-0.25, -0.2) is 0 Å². The Balaban J connectivity index is 2.38. The fourth-order valence-electron chi connectivity index (χ4n) is 2.19. The minimum Gasteiger partial charge on any atom is -0.487 e. The van der Waals surface area contributed by atoms with Gasteiger partial charge < -0.3 is 9.64 Å². The predicted octanol–water partition coefficient (Wildman–Crippen LogP) is 4.20. The maximum absolute atomic E-state index is 12.4. The highest BCUT2D eigenvalue weighted by molar-refractivity contribution is 9.11. The number of carbonyl (C=O) groups is 1. The van der Waals surface area contributed by atoms with E-state index in [9.17, 15) is 4.79 Å². The smallest absolute Gasteiger partial charge is 0.276 e. The van der Waals surface area contributed by atoms with Crippen molar-refractivity contribution in [3.8, 4) is 5.75 Å². The van der Waals surface area contributed by atoms with Gasteiger partial charge in [-0.3, -0.25) is 9.69 Å². The van der Waals surface area contributed by atoms with Gasteiger partial charge in [0.15, 0.2) is 5.11 Å². The van der Waals surface area contributed by atoms with E-state index in [-0.39, 0.29) is 5.91 Å². The molecule has 7 heteroatoms. The van der Waals surface area contributed by atoms with Crippen molar-refractivity contribution in [1.29, 1.82) is 0 Å². The molecule has 1 aromatic carbocycles. The Bertz CT molecular complexity index is 680. The van der Waals surface area contributed by atoms with Gasteiger partial charge in [-0.2, -0.15) is 0 Å². The number of hydrogen-bond donors (Lipinski definition) is 0. The quantitative estimate of drug-likeness (QED) is 0.375. The molecular formula is C16H16Br2N2O2S. The Labute approximate surface area is 158 Å². The zero-order valence-corrected chi connectivity index (χ0v) is 16.8. The number of rotatable bonds is 5. The molecule has 0 aromatic heterocycles. The fraction of sp³-hybridized carbons (Fsp3) is 0.250. The number of nitrogens with zero attached hydrogens (tertiary/aromatic N) is 2. The molecule has 4 nitrogen and oxygen atoms in total. The number of benzene rings is 1. The number of ether oxygens (including phenoxy) is 1. The van der Waals surface area contributed by atoms with Crippen molar-refractivity contribution in [3.05, 3.63) is 45.0 Å². The van der Waals surface area contributed by atoms with Crippen molar-refractivity contribution in [2.75, 3.05) is 20.2 Å². The van der Waals surface area contributed by atoms with Crippen LogP contribution in [-0.4, -0.2) is 41.0 Å². The Morgan fingerprint density at radius 2 is 1.96 bits per heavy atom. The molecule has 1 heterocycles. The van der Waals surface area contributed by atoms with Gasteiger partial charge in [0.1, 0.15) is 18.1 Å². The summed E-state index contributed by atoms with van der Waals surface area (Å²) in [6.45, 7) is 6.51. The van der Waals surface area contributed by atoms with Crippen molar-refractivity contribution in [2.45, 2.75) is 6.92 Å². The minimum absolute atomic E-state index is 0.0840. The summed E-state index contributed by atoms with van der Waals surface area (Å²) in [5, 5.41) is 0.521. The van der Waals surface area contributed by atoms with Crippen LogP contribution < -0.4 is 4.74 Å². The Kier molecular flexibility index (Phi) is 6.00. The third kappa shape index (κ3) is 3.67. The lowest BCUT2D eigenvalue weighted by atomic mass is 10.1. The molecule has 1 fully saturated rings. The number of hydrogen-bond acceptors (Lipinski definition) is 3. The molecule has 122 valence electrons. The number of amides is 1. The van der Waals surface area contributed by atoms with Gasteiger partial charge in [0.2, 0.25) is 0 Å². The molecule has 1 aliphatic heterocycles. The van der Waals surface area contributed by atoms with E-state index in [1.807, 2.05) is 25.1 Å². The second kappa shape index (κ2) is 7.59. The van der Waals surface area contributed by atoms with E-state index in [0.29, 0.717) is 29.7 Å². The van der Waals surface area contributed by atoms with E-state index in [1.54, 1.807) is 22.9 Å². The van der Waals surface area contributed by atoms with E-state index in [2.05, 4.69) is 38.4 Å². The monoisotopic (exact) mass is 458 g/mol. The van der Waals surface area contributed by atoms with Gasteiger partial charge in [-0.15, -0.1) is 0 Å². The molecule has 2 rings (SSSR count). The zero-order valence-electron chi connectivity index (χ0n) is 12.8. The second-order valence-electron chi connectivity index (χ2n) is 4.83. The fourth-order valence-corrected chi connectivity index (χ4v) is 3.95. The van der Waals surface area contributed by atoms with Gasteiger partial charge in [0.05, 0.1) is 8.95 Å². The Morgan fingerprint density at radius 3 is 2.43 bits per heavy atom. The van der Waals surface area contributed by atoms with Crippen LogP contribution in [0.5, 0.6) is 5.75 Å². The summed E-state index contributed by atoms with van der Waals surface area (Å²) in [4.78, 5) is 15.7. The number of carbonyl (C=O) groups excluding carboxylic acids is 1. The summed E-state index contributed by atoms with van der Waals surface area (Å²) in [7, 11) is 1.80. The number of thiocarbonyl (C=S) groups is 1. The molecule has 0 bridgehead atoms. The zero-order chi connectivity index (χ0) is 17.1. The van der Waals surface area contributed by atoms with Crippen molar-refractivity contribution < 1.29 is 9.53 Å². The van der Waals surface area contributed by atoms with E-state index in [0.717, 1.165) is 14.5 Å². The van der Waals surface area contributed by atoms with Crippen LogP contribution in [0.3, 0.4) is 0 Å². The van der Waals surface area contributed by atoms with E-state index in [1.165, 1.54) is 0 Å². The predicted molar refractivity (Wildman–Crippen MR) is 103 cm³/mol. The van der Waals surface area contributed by atoms with E-state index < -0.39 is 0 Å². The van der Waals surface area contributed by atoms with Crippen molar-refractivity contribution >= 4 is 61.2 Å². The molecule has 0 atom stereocenters. The first-order valence-electron chi connectivity index (χ1n) is 6.94. The van der Waals surface area contributed by atoms with Gasteiger partial charge in [-0.1, -0.05) is 12.7 Å². The van der Waals surface area contributed by atoms with Crippen LogP contribution in [0.15, 0.2) is 39.4 Å². The molecule has 23 heavy (non-hydrogen) atoms. The standard InChI is InChI=1S/C16H16Br2N2O2S/c1-4-6-22-14-11(17)7-10(8-12(14)18)9-13-15(21)20(5-2)16(23)19(13)3/h4,7-9H,1,5-6H2,2-3H3/b13-9-. The molecule has 1 aliphatic rings. The second-order valence-corrected chi connectivity index (χ2v) is 6.91. The third-order valence-corrected chi connectivity index (χ3v) is 5.00. The molecule has 0 unspecified atom stereocenters. The molecule has 1 amide bonds. The van der Waals surface area contributed by atoms with Crippen LogP contribution in [-0.2, 0) is 4.79 Å². The lowest BCUT2D eigenvalue weighted by Crippen LogP contribution is -2.30. The highest BCUT2D eigenvalue weighted by atomic mass is 79.9. The van der Waals surface area contributed by atoms with Crippen molar-refractivity contribution in [1.82, 2.24) is 9.80 Å². The topological polar surface area (TPSA) is 32.8 Å². The summed E-state index contributed by atoms with van der Waals surface area (Å²) < 4.78 is 7.19. The summed E-state index contributed by atoms with van der Waals surface area (Å²) >= 11 is 12.3. The maximum Gasteiger partial charge on any atom is 0.276 e. The third-order valence-electron chi connectivity index (χ3n) is 3.33. The molecule has 1 aromatic rings. The van der Waals surface area contributed by atoms with E-state index >= 15 is 0 Å². The first kappa shape index (κ1) is 18.2. The van der Waals surface area contributed by atoms with Gasteiger partial charge >= 0.3 is 0 Å². The molecule has 0 N–H and O–H groups in total. The molecule has 0 spiro atoms. The lowest BCUT2D eigenvalue weighted by Gasteiger charge is -2.13. The molecule has 1 saturated heterocycles. The number of halogens is 2. The Morgan fingerprint density at radius 1 is 1.35 bits per heavy atom.